The fourth-order valence-corrected chi connectivity index (χ4v) is 2.21. The van der Waals surface area contributed by atoms with E-state index in [1.54, 1.807) is 36.4 Å². The Balaban J connectivity index is 2.55. The van der Waals surface area contributed by atoms with Crippen molar-refractivity contribution in [2.24, 2.45) is 0 Å². The van der Waals surface area contributed by atoms with Crippen molar-refractivity contribution in [3.8, 4) is 23.3 Å². The number of ketones is 1. The van der Waals surface area contributed by atoms with Crippen molar-refractivity contribution in [2.75, 3.05) is 21.3 Å². The van der Waals surface area contributed by atoms with Crippen LogP contribution in [0.2, 0.25) is 0 Å². The quantitative estimate of drug-likeness (QED) is 0.462. The van der Waals surface area contributed by atoms with Gasteiger partial charge in [-0.3, -0.25) is 4.79 Å². The maximum atomic E-state index is 12.5. The molecular weight excluding hydrogens is 306 g/mol. The smallest absolute Gasteiger partial charge is 0.203 e. The second-order valence-electron chi connectivity index (χ2n) is 4.81. The fourth-order valence-electron chi connectivity index (χ4n) is 2.21. The van der Waals surface area contributed by atoms with Crippen molar-refractivity contribution in [1.29, 1.82) is 5.26 Å². The Hall–Kier alpha value is -3.26. The fraction of sp³-hybridized carbons (Fsp3) is 0.158. The van der Waals surface area contributed by atoms with Crippen LogP contribution >= 0.6 is 0 Å². The third kappa shape index (κ3) is 3.55. The molecule has 0 saturated heterocycles. The summed E-state index contributed by atoms with van der Waals surface area (Å²) in [4.78, 5) is 12.5. The molecule has 0 spiro atoms. The summed E-state index contributed by atoms with van der Waals surface area (Å²) >= 11 is 0. The topological polar surface area (TPSA) is 68.5 Å². The Labute approximate surface area is 140 Å². The van der Waals surface area contributed by atoms with E-state index in [9.17, 15) is 10.1 Å². The zero-order valence-corrected chi connectivity index (χ0v) is 13.7. The Morgan fingerprint density at radius 2 is 1.58 bits per heavy atom. The number of methoxy groups -OCH3 is 3. The van der Waals surface area contributed by atoms with Crippen LogP contribution in [-0.2, 0) is 0 Å². The first-order chi connectivity index (χ1) is 11.6. The second-order valence-corrected chi connectivity index (χ2v) is 4.81. The van der Waals surface area contributed by atoms with E-state index in [1.807, 2.05) is 12.1 Å². The van der Waals surface area contributed by atoms with E-state index >= 15 is 0 Å². The highest BCUT2D eigenvalue weighted by Gasteiger charge is 2.16. The normalized spacial score (nSPS) is 10.7. The average molecular weight is 323 g/mol. The van der Waals surface area contributed by atoms with Crippen LogP contribution in [0.4, 0.5) is 0 Å². The highest BCUT2D eigenvalue weighted by atomic mass is 16.5. The molecule has 24 heavy (non-hydrogen) atoms. The van der Waals surface area contributed by atoms with E-state index in [0.29, 0.717) is 28.4 Å². The van der Waals surface area contributed by atoms with Crippen LogP contribution in [0.5, 0.6) is 17.2 Å². The lowest BCUT2D eigenvalue weighted by molar-refractivity contribution is 0.104. The summed E-state index contributed by atoms with van der Waals surface area (Å²) in [6, 6.07) is 13.9. The lowest BCUT2D eigenvalue weighted by Gasteiger charge is -2.13. The second kappa shape index (κ2) is 7.84. The molecule has 0 aliphatic heterocycles. The molecule has 5 heteroatoms. The van der Waals surface area contributed by atoms with Crippen molar-refractivity contribution < 1.29 is 19.0 Å². The Morgan fingerprint density at radius 1 is 1.00 bits per heavy atom. The number of rotatable bonds is 6. The molecule has 2 aromatic carbocycles. The molecule has 0 amide bonds. The summed E-state index contributed by atoms with van der Waals surface area (Å²) in [6.45, 7) is 0. The lowest BCUT2D eigenvalue weighted by atomic mass is 10.0. The minimum absolute atomic E-state index is 0.0111. The van der Waals surface area contributed by atoms with Gasteiger partial charge in [0.15, 0.2) is 0 Å². The van der Waals surface area contributed by atoms with Gasteiger partial charge in [0.1, 0.15) is 28.9 Å². The van der Waals surface area contributed by atoms with E-state index in [1.165, 1.54) is 27.4 Å². The molecule has 0 fully saturated rings. The van der Waals surface area contributed by atoms with Crippen LogP contribution in [0.25, 0.3) is 6.08 Å². The molecule has 0 aliphatic carbocycles. The predicted molar refractivity (Wildman–Crippen MR) is 90.5 cm³/mol. The van der Waals surface area contributed by atoms with Gasteiger partial charge < -0.3 is 14.2 Å². The molecule has 0 bridgehead atoms. The maximum absolute atomic E-state index is 12.5. The lowest BCUT2D eigenvalue weighted by Crippen LogP contribution is -2.02. The van der Waals surface area contributed by atoms with Crippen molar-refractivity contribution >= 4 is 11.9 Å². The predicted octanol–water partition coefficient (Wildman–Crippen LogP) is 3.50. The van der Waals surface area contributed by atoms with Crippen LogP contribution in [-0.4, -0.2) is 27.1 Å². The van der Waals surface area contributed by atoms with Crippen LogP contribution in [0, 0.1) is 11.3 Å². The minimum atomic E-state index is -0.363. The number of nitrogens with zero attached hydrogens (tertiary/aromatic N) is 1. The largest absolute Gasteiger partial charge is 0.496 e. The molecule has 0 heterocycles. The standard InChI is InChI=1S/C19H17NO4/c1-22-15-10-17(23-2)16(18(11-15)24-3)9-14(12-20)19(21)13-7-5-4-6-8-13/h4-11H,1-3H3. The number of allylic oxidation sites excluding steroid dienone is 1. The Bertz CT molecular complexity index is 779. The van der Waals surface area contributed by atoms with E-state index in [4.69, 9.17) is 14.2 Å². The summed E-state index contributed by atoms with van der Waals surface area (Å²) in [5, 5.41) is 9.40. The van der Waals surface area contributed by atoms with Gasteiger partial charge in [-0.05, 0) is 6.08 Å². The monoisotopic (exact) mass is 323 g/mol. The molecule has 0 saturated carbocycles. The zero-order valence-electron chi connectivity index (χ0n) is 13.7. The number of ether oxygens (including phenoxy) is 3. The molecule has 2 rings (SSSR count). The van der Waals surface area contributed by atoms with Gasteiger partial charge in [-0.15, -0.1) is 0 Å². The molecule has 122 valence electrons. The first-order valence-corrected chi connectivity index (χ1v) is 7.16. The average Bonchev–Trinajstić information content (AvgIpc) is 2.65. The summed E-state index contributed by atoms with van der Waals surface area (Å²) in [5.74, 6) is 1.08. The maximum Gasteiger partial charge on any atom is 0.203 e. The van der Waals surface area contributed by atoms with Crippen molar-refractivity contribution in [3.05, 3.63) is 59.2 Å². The number of benzene rings is 2. The van der Waals surface area contributed by atoms with Crippen LogP contribution < -0.4 is 14.2 Å². The van der Waals surface area contributed by atoms with Gasteiger partial charge in [0.25, 0.3) is 0 Å². The van der Waals surface area contributed by atoms with Crippen molar-refractivity contribution in [1.82, 2.24) is 0 Å². The number of nitriles is 1. The Morgan fingerprint density at radius 3 is 2.04 bits per heavy atom. The molecule has 0 N–H and O–H groups in total. The van der Waals surface area contributed by atoms with Gasteiger partial charge in [0.05, 0.1) is 26.9 Å². The first-order valence-electron chi connectivity index (χ1n) is 7.16. The van der Waals surface area contributed by atoms with E-state index < -0.39 is 0 Å². The molecule has 0 aliphatic rings. The summed E-state index contributed by atoms with van der Waals surface area (Å²) in [6.07, 6.45) is 1.46. The van der Waals surface area contributed by atoms with Crippen LogP contribution in [0.3, 0.4) is 0 Å². The third-order valence-corrected chi connectivity index (χ3v) is 3.44. The van der Waals surface area contributed by atoms with Crippen molar-refractivity contribution in [2.45, 2.75) is 0 Å². The van der Waals surface area contributed by atoms with Crippen LogP contribution in [0.1, 0.15) is 15.9 Å². The number of Topliss-reactive ketones (excluding diaryl/α,β-unsaturated/α-hetero) is 1. The van der Waals surface area contributed by atoms with Crippen LogP contribution in [0.15, 0.2) is 48.0 Å². The summed E-state index contributed by atoms with van der Waals surface area (Å²) in [7, 11) is 4.52. The van der Waals surface area contributed by atoms with E-state index in [2.05, 4.69) is 0 Å². The summed E-state index contributed by atoms with van der Waals surface area (Å²) in [5.41, 5.74) is 0.932. The number of carbonyl (C=O) groups is 1. The third-order valence-electron chi connectivity index (χ3n) is 3.44. The number of carbonyl (C=O) groups excluding carboxylic acids is 1. The van der Waals surface area contributed by atoms with Gasteiger partial charge in [0.2, 0.25) is 5.78 Å². The van der Waals surface area contributed by atoms with E-state index in [0.717, 1.165) is 0 Å². The minimum Gasteiger partial charge on any atom is -0.496 e. The van der Waals surface area contributed by atoms with E-state index in [-0.39, 0.29) is 11.4 Å². The van der Waals surface area contributed by atoms with Gasteiger partial charge in [-0.1, -0.05) is 30.3 Å². The molecule has 0 unspecified atom stereocenters. The number of hydrogen-bond donors (Lipinski definition) is 0. The molecule has 0 radical (unpaired) electrons. The molecule has 0 aromatic heterocycles. The zero-order chi connectivity index (χ0) is 17.5. The van der Waals surface area contributed by atoms with Gasteiger partial charge in [-0.2, -0.15) is 5.26 Å². The first kappa shape index (κ1) is 17.1. The van der Waals surface area contributed by atoms with Crippen molar-refractivity contribution in [3.63, 3.8) is 0 Å². The summed E-state index contributed by atoms with van der Waals surface area (Å²) < 4.78 is 15.9. The molecule has 2 aromatic rings. The molecule has 0 atom stereocenters. The van der Waals surface area contributed by atoms with Gasteiger partial charge >= 0.3 is 0 Å². The molecule has 5 nitrogen and oxygen atoms in total. The highest BCUT2D eigenvalue weighted by molar-refractivity contribution is 6.14. The molecular formula is C19H17NO4. The SMILES string of the molecule is COc1cc(OC)c(C=C(C#N)C(=O)c2ccccc2)c(OC)c1. The number of hydrogen-bond acceptors (Lipinski definition) is 5. The highest BCUT2D eigenvalue weighted by Crippen LogP contribution is 2.35. The Kier molecular flexibility index (Phi) is 5.58. The van der Waals surface area contributed by atoms with Gasteiger partial charge in [0, 0.05) is 17.7 Å². The van der Waals surface area contributed by atoms with Gasteiger partial charge in [-0.25, -0.2) is 0 Å².